The molecule has 1 fully saturated rings. The SMILES string of the molecule is OC(CNC1CCCCCC1)c1c(F)cccc1F. The first-order valence-corrected chi connectivity index (χ1v) is 7.04. The van der Waals surface area contributed by atoms with Crippen molar-refractivity contribution in [1.29, 1.82) is 0 Å². The second-order valence-corrected chi connectivity index (χ2v) is 5.25. The molecular weight excluding hydrogens is 248 g/mol. The lowest BCUT2D eigenvalue weighted by Gasteiger charge is -2.19. The summed E-state index contributed by atoms with van der Waals surface area (Å²) in [6, 6.07) is 4.01. The largest absolute Gasteiger partial charge is 0.387 e. The number of nitrogens with one attached hydrogen (secondary N) is 1. The van der Waals surface area contributed by atoms with Crippen molar-refractivity contribution in [2.45, 2.75) is 50.7 Å². The zero-order chi connectivity index (χ0) is 13.7. The van der Waals surface area contributed by atoms with Crippen molar-refractivity contribution in [2.24, 2.45) is 0 Å². The Bertz CT molecular complexity index is 383. The van der Waals surface area contributed by atoms with Crippen LogP contribution in [0.25, 0.3) is 0 Å². The van der Waals surface area contributed by atoms with Crippen LogP contribution < -0.4 is 5.32 Å². The lowest BCUT2D eigenvalue weighted by Crippen LogP contribution is -2.32. The van der Waals surface area contributed by atoms with Gasteiger partial charge in [0.2, 0.25) is 0 Å². The van der Waals surface area contributed by atoms with E-state index < -0.39 is 17.7 Å². The number of halogens is 2. The Kier molecular flexibility index (Phi) is 5.28. The van der Waals surface area contributed by atoms with Crippen LogP contribution in [0.4, 0.5) is 8.78 Å². The number of hydrogen-bond acceptors (Lipinski definition) is 2. The first-order chi connectivity index (χ1) is 9.18. The van der Waals surface area contributed by atoms with Gasteiger partial charge in [-0.15, -0.1) is 0 Å². The van der Waals surface area contributed by atoms with Crippen molar-refractivity contribution in [3.8, 4) is 0 Å². The highest BCUT2D eigenvalue weighted by Crippen LogP contribution is 2.21. The van der Waals surface area contributed by atoms with Crippen molar-refractivity contribution in [2.75, 3.05) is 6.54 Å². The number of hydrogen-bond donors (Lipinski definition) is 2. The summed E-state index contributed by atoms with van der Waals surface area (Å²) in [6.07, 6.45) is 5.89. The quantitative estimate of drug-likeness (QED) is 0.822. The van der Waals surface area contributed by atoms with E-state index in [2.05, 4.69) is 5.32 Å². The molecule has 0 aromatic heterocycles. The molecule has 1 aliphatic rings. The minimum absolute atomic E-state index is 0.197. The van der Waals surface area contributed by atoms with Gasteiger partial charge in [-0.25, -0.2) is 8.78 Å². The minimum Gasteiger partial charge on any atom is -0.387 e. The number of benzene rings is 1. The molecule has 1 aromatic carbocycles. The third-order valence-corrected chi connectivity index (χ3v) is 3.79. The van der Waals surface area contributed by atoms with E-state index in [4.69, 9.17) is 0 Å². The molecule has 2 nitrogen and oxygen atoms in total. The predicted molar refractivity (Wildman–Crippen MR) is 70.8 cm³/mol. The maximum Gasteiger partial charge on any atom is 0.131 e. The summed E-state index contributed by atoms with van der Waals surface area (Å²) in [6.45, 7) is 0.197. The normalized spacial score (nSPS) is 19.1. The third kappa shape index (κ3) is 3.98. The van der Waals surface area contributed by atoms with Gasteiger partial charge in [-0.2, -0.15) is 0 Å². The molecule has 4 heteroatoms. The van der Waals surface area contributed by atoms with Crippen molar-refractivity contribution in [1.82, 2.24) is 5.32 Å². The van der Waals surface area contributed by atoms with Crippen LogP contribution in [0.5, 0.6) is 0 Å². The lowest BCUT2D eigenvalue weighted by atomic mass is 10.1. The molecule has 0 amide bonds. The van der Waals surface area contributed by atoms with Gasteiger partial charge in [0.05, 0.1) is 11.7 Å². The zero-order valence-electron chi connectivity index (χ0n) is 11.0. The second kappa shape index (κ2) is 6.96. The number of rotatable bonds is 4. The van der Waals surface area contributed by atoms with Gasteiger partial charge in [-0.1, -0.05) is 31.7 Å². The Morgan fingerprint density at radius 2 is 1.68 bits per heavy atom. The van der Waals surface area contributed by atoms with Gasteiger partial charge in [0.25, 0.3) is 0 Å². The average Bonchev–Trinajstić information content (AvgIpc) is 2.64. The average molecular weight is 269 g/mol. The maximum atomic E-state index is 13.5. The van der Waals surface area contributed by atoms with Crippen LogP contribution in [-0.2, 0) is 0 Å². The fourth-order valence-electron chi connectivity index (χ4n) is 2.69. The molecule has 1 unspecified atom stereocenters. The fourth-order valence-corrected chi connectivity index (χ4v) is 2.69. The van der Waals surface area contributed by atoms with Crippen LogP contribution in [0.15, 0.2) is 18.2 Å². The summed E-state index contributed by atoms with van der Waals surface area (Å²) in [5.74, 6) is -1.37. The van der Waals surface area contributed by atoms with Crippen molar-refractivity contribution in [3.05, 3.63) is 35.4 Å². The van der Waals surface area contributed by atoms with Crippen LogP contribution in [0.2, 0.25) is 0 Å². The standard InChI is InChI=1S/C15H21F2NO/c16-12-8-5-9-13(17)15(12)14(19)10-18-11-6-3-1-2-4-7-11/h5,8-9,11,14,18-19H,1-4,6-7,10H2. The van der Waals surface area contributed by atoms with E-state index >= 15 is 0 Å². The summed E-state index contributed by atoms with van der Waals surface area (Å²) >= 11 is 0. The first kappa shape index (κ1) is 14.4. The van der Waals surface area contributed by atoms with Gasteiger partial charge >= 0.3 is 0 Å². The van der Waals surface area contributed by atoms with Crippen LogP contribution in [0.1, 0.15) is 50.2 Å². The molecule has 0 radical (unpaired) electrons. The molecule has 0 spiro atoms. The van der Waals surface area contributed by atoms with Crippen molar-refractivity contribution >= 4 is 0 Å². The lowest BCUT2D eigenvalue weighted by molar-refractivity contribution is 0.159. The Labute approximate surface area is 112 Å². The monoisotopic (exact) mass is 269 g/mol. The highest BCUT2D eigenvalue weighted by molar-refractivity contribution is 5.22. The Hall–Kier alpha value is -1.00. The highest BCUT2D eigenvalue weighted by Gasteiger charge is 2.19. The molecule has 2 N–H and O–H groups in total. The van der Waals surface area contributed by atoms with Crippen LogP contribution in [-0.4, -0.2) is 17.7 Å². The van der Waals surface area contributed by atoms with Gasteiger partial charge < -0.3 is 10.4 Å². The van der Waals surface area contributed by atoms with E-state index in [1.807, 2.05) is 0 Å². The highest BCUT2D eigenvalue weighted by atomic mass is 19.1. The molecule has 0 aliphatic heterocycles. The van der Waals surface area contributed by atoms with Crippen LogP contribution in [0, 0.1) is 11.6 Å². The van der Waals surface area contributed by atoms with E-state index in [-0.39, 0.29) is 12.1 Å². The third-order valence-electron chi connectivity index (χ3n) is 3.79. The Morgan fingerprint density at radius 3 is 2.26 bits per heavy atom. The number of aliphatic hydroxyl groups is 1. The van der Waals surface area contributed by atoms with Gasteiger partial charge in [-0.05, 0) is 25.0 Å². The summed E-state index contributed by atoms with van der Waals surface area (Å²) < 4.78 is 27.0. The van der Waals surface area contributed by atoms with Crippen LogP contribution >= 0.6 is 0 Å². The second-order valence-electron chi connectivity index (χ2n) is 5.25. The van der Waals surface area contributed by atoms with Gasteiger partial charge in [-0.3, -0.25) is 0 Å². The number of aliphatic hydroxyl groups excluding tert-OH is 1. The first-order valence-electron chi connectivity index (χ1n) is 7.04. The molecule has 0 saturated heterocycles. The predicted octanol–water partition coefficient (Wildman–Crippen LogP) is 3.31. The smallest absolute Gasteiger partial charge is 0.131 e. The fraction of sp³-hybridized carbons (Fsp3) is 0.600. The molecule has 0 heterocycles. The summed E-state index contributed by atoms with van der Waals surface area (Å²) in [5, 5.41) is 13.2. The van der Waals surface area contributed by atoms with Gasteiger partial charge in [0.1, 0.15) is 11.6 Å². The van der Waals surface area contributed by atoms with E-state index in [9.17, 15) is 13.9 Å². The molecule has 19 heavy (non-hydrogen) atoms. The molecule has 106 valence electrons. The molecule has 1 saturated carbocycles. The van der Waals surface area contributed by atoms with Crippen molar-refractivity contribution in [3.63, 3.8) is 0 Å². The molecule has 1 aromatic rings. The Morgan fingerprint density at radius 1 is 1.11 bits per heavy atom. The molecular formula is C15H21F2NO. The summed E-state index contributed by atoms with van der Waals surface area (Å²) in [7, 11) is 0. The minimum atomic E-state index is -1.13. The molecule has 2 rings (SSSR count). The van der Waals surface area contributed by atoms with E-state index in [1.54, 1.807) is 0 Å². The molecule has 1 aliphatic carbocycles. The Balaban J connectivity index is 1.91. The van der Waals surface area contributed by atoms with E-state index in [0.29, 0.717) is 6.04 Å². The van der Waals surface area contributed by atoms with Gasteiger partial charge in [0.15, 0.2) is 0 Å². The topological polar surface area (TPSA) is 32.3 Å². The van der Waals surface area contributed by atoms with Crippen molar-refractivity contribution < 1.29 is 13.9 Å². The summed E-state index contributed by atoms with van der Waals surface area (Å²) in [5.41, 5.74) is -0.233. The maximum absolute atomic E-state index is 13.5. The molecule has 1 atom stereocenters. The van der Waals surface area contributed by atoms with E-state index in [1.165, 1.54) is 43.9 Å². The van der Waals surface area contributed by atoms with Crippen LogP contribution in [0.3, 0.4) is 0 Å². The molecule has 0 bridgehead atoms. The summed E-state index contributed by atoms with van der Waals surface area (Å²) in [4.78, 5) is 0. The van der Waals surface area contributed by atoms with E-state index in [0.717, 1.165) is 12.8 Å². The van der Waals surface area contributed by atoms with Gasteiger partial charge in [0, 0.05) is 12.6 Å². The zero-order valence-corrected chi connectivity index (χ0v) is 11.0.